The molecule has 3 aromatic rings. The monoisotopic (exact) mass is 511 g/mol. The molecule has 2 aromatic carbocycles. The Hall–Kier alpha value is -3.02. The number of benzene rings is 2. The predicted octanol–water partition coefficient (Wildman–Crippen LogP) is 5.63. The highest BCUT2D eigenvalue weighted by Gasteiger charge is 2.19. The number of nitrogens with one attached hydrogen (secondary N) is 1. The topological polar surface area (TPSA) is 82.8 Å². The van der Waals surface area contributed by atoms with E-state index in [2.05, 4.69) is 32.3 Å². The van der Waals surface area contributed by atoms with Crippen LogP contribution in [-0.2, 0) is 11.2 Å². The molecule has 1 N–H and O–H groups in total. The van der Waals surface area contributed by atoms with Crippen molar-refractivity contribution < 1.29 is 14.0 Å². The Balaban J connectivity index is 1.76. The molecule has 1 aromatic heterocycles. The molecule has 0 saturated heterocycles. The maximum Gasteiger partial charge on any atom is 0.234 e. The van der Waals surface area contributed by atoms with E-state index >= 15 is 0 Å². The lowest BCUT2D eigenvalue weighted by Crippen LogP contribution is -2.15. The molecule has 32 heavy (non-hydrogen) atoms. The number of ketones is 1. The number of thioether (sulfide) groups is 1. The Morgan fingerprint density at radius 2 is 1.84 bits per heavy atom. The van der Waals surface area contributed by atoms with Gasteiger partial charge in [0.05, 0.1) is 17.0 Å². The summed E-state index contributed by atoms with van der Waals surface area (Å²) in [5.74, 6) is -1.03. The van der Waals surface area contributed by atoms with Crippen LogP contribution >= 0.6 is 27.7 Å². The highest BCUT2D eigenvalue weighted by atomic mass is 79.9. The Bertz CT molecular complexity index is 1220. The van der Waals surface area contributed by atoms with E-state index in [1.54, 1.807) is 44.2 Å². The number of carbonyl (C=O) groups excluding carboxylic acids is 2. The molecule has 0 radical (unpaired) electrons. The summed E-state index contributed by atoms with van der Waals surface area (Å²) in [6, 6.07) is 15.1. The van der Waals surface area contributed by atoms with Crippen molar-refractivity contribution in [3.05, 3.63) is 86.8 Å². The number of pyridine rings is 1. The van der Waals surface area contributed by atoms with Gasteiger partial charge in [0.15, 0.2) is 5.78 Å². The van der Waals surface area contributed by atoms with Crippen LogP contribution in [0, 0.1) is 31.0 Å². The lowest BCUT2D eigenvalue weighted by atomic mass is 9.96. The van der Waals surface area contributed by atoms with E-state index in [0.717, 1.165) is 16.2 Å². The van der Waals surface area contributed by atoms with Gasteiger partial charge in [0.2, 0.25) is 5.91 Å². The summed E-state index contributed by atoms with van der Waals surface area (Å²) in [7, 11) is 0. The van der Waals surface area contributed by atoms with Gasteiger partial charge < -0.3 is 5.32 Å². The number of nitrogens with zero attached hydrogens (tertiary/aromatic N) is 2. The minimum absolute atomic E-state index is 0.0357. The zero-order valence-corrected chi connectivity index (χ0v) is 19.8. The highest BCUT2D eigenvalue weighted by Crippen LogP contribution is 2.28. The van der Waals surface area contributed by atoms with Crippen LogP contribution in [-0.4, -0.2) is 22.4 Å². The molecule has 1 amide bonds. The van der Waals surface area contributed by atoms with Crippen LogP contribution in [0.25, 0.3) is 0 Å². The summed E-state index contributed by atoms with van der Waals surface area (Å²) in [5.41, 5.74) is 3.01. The zero-order valence-electron chi connectivity index (χ0n) is 17.4. The predicted molar refractivity (Wildman–Crippen MR) is 126 cm³/mol. The summed E-state index contributed by atoms with van der Waals surface area (Å²) in [5, 5.41) is 12.6. The van der Waals surface area contributed by atoms with Crippen molar-refractivity contribution in [2.45, 2.75) is 25.3 Å². The van der Waals surface area contributed by atoms with Crippen LogP contribution in [0.15, 0.2) is 58.0 Å². The molecular formula is C24H19BrFN3O2S. The number of nitriles is 1. The molecule has 162 valence electrons. The van der Waals surface area contributed by atoms with Crippen LogP contribution in [0.5, 0.6) is 0 Å². The second-order valence-corrected chi connectivity index (χ2v) is 8.90. The number of aryl methyl sites for hydroxylation is 1. The normalized spacial score (nSPS) is 10.5. The van der Waals surface area contributed by atoms with E-state index in [1.165, 1.54) is 18.2 Å². The lowest BCUT2D eigenvalue weighted by molar-refractivity contribution is -0.113. The molecule has 0 aliphatic heterocycles. The van der Waals surface area contributed by atoms with Crippen molar-refractivity contribution in [1.82, 2.24) is 4.98 Å². The van der Waals surface area contributed by atoms with Gasteiger partial charge >= 0.3 is 0 Å². The highest BCUT2D eigenvalue weighted by molar-refractivity contribution is 9.10. The van der Waals surface area contributed by atoms with E-state index in [0.29, 0.717) is 33.0 Å². The number of amides is 1. The average molecular weight is 512 g/mol. The zero-order chi connectivity index (χ0) is 23.3. The first-order valence-electron chi connectivity index (χ1n) is 9.66. The van der Waals surface area contributed by atoms with Crippen molar-refractivity contribution >= 4 is 45.1 Å². The third-order valence-electron chi connectivity index (χ3n) is 4.85. The third-order valence-corrected chi connectivity index (χ3v) is 6.35. The van der Waals surface area contributed by atoms with Crippen molar-refractivity contribution in [2.24, 2.45) is 0 Å². The van der Waals surface area contributed by atoms with E-state index in [4.69, 9.17) is 0 Å². The quantitative estimate of drug-likeness (QED) is 0.328. The number of rotatable bonds is 7. The van der Waals surface area contributed by atoms with Gasteiger partial charge in [-0.25, -0.2) is 9.37 Å². The summed E-state index contributed by atoms with van der Waals surface area (Å²) in [6.07, 6.45) is 0.125. The van der Waals surface area contributed by atoms with E-state index < -0.39 is 11.7 Å². The van der Waals surface area contributed by atoms with Gasteiger partial charge in [0.1, 0.15) is 16.9 Å². The van der Waals surface area contributed by atoms with Crippen LogP contribution in [0.3, 0.4) is 0 Å². The third kappa shape index (κ3) is 5.61. The molecule has 0 atom stereocenters. The maximum absolute atomic E-state index is 13.7. The SMILES string of the molecule is Cc1nc(SCC(=O)Nc2ccccc2F)c(C#N)c(C)c1CC(=O)c1ccc(Br)cc1. The summed E-state index contributed by atoms with van der Waals surface area (Å²) >= 11 is 4.45. The summed E-state index contributed by atoms with van der Waals surface area (Å²) < 4.78 is 14.6. The smallest absolute Gasteiger partial charge is 0.234 e. The number of carbonyl (C=O) groups is 2. The van der Waals surface area contributed by atoms with Crippen molar-refractivity contribution in [3.63, 3.8) is 0 Å². The van der Waals surface area contributed by atoms with Gasteiger partial charge in [-0.3, -0.25) is 9.59 Å². The van der Waals surface area contributed by atoms with Crippen molar-refractivity contribution in [2.75, 3.05) is 11.1 Å². The van der Waals surface area contributed by atoms with Crippen LogP contribution in [0.4, 0.5) is 10.1 Å². The number of halogens is 2. The molecule has 1 heterocycles. The minimum atomic E-state index is -0.520. The molecule has 0 saturated carbocycles. The Morgan fingerprint density at radius 3 is 2.50 bits per heavy atom. The van der Waals surface area contributed by atoms with Gasteiger partial charge in [-0.15, -0.1) is 0 Å². The average Bonchev–Trinajstić information content (AvgIpc) is 2.77. The van der Waals surface area contributed by atoms with E-state index in [1.807, 2.05) is 0 Å². The van der Waals surface area contributed by atoms with Crippen molar-refractivity contribution in [3.8, 4) is 6.07 Å². The van der Waals surface area contributed by atoms with Crippen LogP contribution in [0.2, 0.25) is 0 Å². The lowest BCUT2D eigenvalue weighted by Gasteiger charge is -2.14. The molecule has 8 heteroatoms. The molecule has 3 rings (SSSR count). The number of aromatic nitrogens is 1. The number of hydrogen-bond acceptors (Lipinski definition) is 5. The molecule has 0 aliphatic rings. The Labute approximate surface area is 198 Å². The van der Waals surface area contributed by atoms with Gasteiger partial charge in [-0.1, -0.05) is 52.0 Å². The van der Waals surface area contributed by atoms with Crippen LogP contribution < -0.4 is 5.32 Å². The van der Waals surface area contributed by atoms with E-state index in [-0.39, 0.29) is 23.6 Å². The first-order chi connectivity index (χ1) is 15.3. The number of hydrogen-bond donors (Lipinski definition) is 1. The maximum atomic E-state index is 13.7. The largest absolute Gasteiger partial charge is 0.323 e. The van der Waals surface area contributed by atoms with Gasteiger partial charge in [0, 0.05) is 22.2 Å². The fraction of sp³-hybridized carbons (Fsp3) is 0.167. The van der Waals surface area contributed by atoms with E-state index in [9.17, 15) is 19.2 Å². The molecular weight excluding hydrogens is 493 g/mol. The fourth-order valence-electron chi connectivity index (χ4n) is 3.14. The summed E-state index contributed by atoms with van der Waals surface area (Å²) in [4.78, 5) is 29.4. The summed E-state index contributed by atoms with van der Waals surface area (Å²) in [6.45, 7) is 3.56. The second kappa shape index (κ2) is 10.5. The number of para-hydroxylation sites is 1. The Morgan fingerprint density at radius 1 is 1.16 bits per heavy atom. The first kappa shape index (κ1) is 23.6. The molecule has 0 aliphatic carbocycles. The standard InChI is InChI=1S/C24H19BrFN3O2S/c1-14-18(11-22(30)16-7-9-17(25)10-8-16)15(2)28-24(19(14)12-27)32-13-23(31)29-21-6-4-3-5-20(21)26/h3-10H,11,13H2,1-2H3,(H,29,31). The first-order valence-corrected chi connectivity index (χ1v) is 11.4. The molecule has 0 bridgehead atoms. The molecule has 0 spiro atoms. The van der Waals surface area contributed by atoms with Gasteiger partial charge in [-0.2, -0.15) is 5.26 Å². The molecule has 0 unspecified atom stereocenters. The second-order valence-electron chi connectivity index (χ2n) is 7.02. The Kier molecular flexibility index (Phi) is 7.78. The number of anilines is 1. The minimum Gasteiger partial charge on any atom is -0.323 e. The fourth-order valence-corrected chi connectivity index (χ4v) is 4.29. The molecule has 5 nitrogen and oxygen atoms in total. The van der Waals surface area contributed by atoms with Crippen molar-refractivity contribution in [1.29, 1.82) is 5.26 Å². The van der Waals surface area contributed by atoms with Crippen LogP contribution in [0.1, 0.15) is 32.7 Å². The molecule has 0 fully saturated rings. The van der Waals surface area contributed by atoms with Gasteiger partial charge in [-0.05, 0) is 49.2 Å². The number of Topliss-reactive ketones (excluding diaryl/α,β-unsaturated/α-hetero) is 1. The van der Waals surface area contributed by atoms with Gasteiger partial charge in [0.25, 0.3) is 0 Å².